The monoisotopic (exact) mass is 290 g/mol. The van der Waals surface area contributed by atoms with Crippen LogP contribution in [0.15, 0.2) is 6.07 Å². The van der Waals surface area contributed by atoms with Gasteiger partial charge in [0, 0.05) is 25.1 Å². The van der Waals surface area contributed by atoms with Gasteiger partial charge in [0.1, 0.15) is 17.5 Å². The normalized spacial score (nSPS) is 17.2. The van der Waals surface area contributed by atoms with Crippen LogP contribution in [0.25, 0.3) is 0 Å². The van der Waals surface area contributed by atoms with Crippen molar-refractivity contribution in [2.24, 2.45) is 5.41 Å². The maximum absolute atomic E-state index is 4.67. The summed E-state index contributed by atoms with van der Waals surface area (Å²) in [6.45, 7) is 10.8. The lowest BCUT2D eigenvalue weighted by atomic mass is 9.89. The molecule has 0 aromatic carbocycles. The summed E-state index contributed by atoms with van der Waals surface area (Å²) in [5, 5.41) is 6.92. The van der Waals surface area contributed by atoms with Crippen molar-refractivity contribution >= 4 is 11.6 Å². The van der Waals surface area contributed by atoms with Crippen molar-refractivity contribution in [3.63, 3.8) is 0 Å². The Morgan fingerprint density at radius 3 is 2.33 bits per heavy atom. The zero-order valence-corrected chi connectivity index (χ0v) is 14.0. The summed E-state index contributed by atoms with van der Waals surface area (Å²) in [5.41, 5.74) is 0.431. The molecular formula is C17H30N4. The second-order valence-corrected chi connectivity index (χ2v) is 6.95. The SMILES string of the molecule is CCCNc1cc(NCC2(C)CCCC2)nc(C(C)C)n1. The topological polar surface area (TPSA) is 49.8 Å². The van der Waals surface area contributed by atoms with E-state index < -0.39 is 0 Å². The standard InChI is InChI=1S/C17H30N4/c1-5-10-18-14-11-15(21-16(20-14)13(2)3)19-12-17(4)8-6-7-9-17/h11,13H,5-10,12H2,1-4H3,(H2,18,19,20,21). The van der Waals surface area contributed by atoms with Crippen LogP contribution in [0.3, 0.4) is 0 Å². The van der Waals surface area contributed by atoms with E-state index in [1.165, 1.54) is 25.7 Å². The van der Waals surface area contributed by atoms with Gasteiger partial charge in [-0.15, -0.1) is 0 Å². The van der Waals surface area contributed by atoms with E-state index in [0.29, 0.717) is 11.3 Å². The van der Waals surface area contributed by atoms with E-state index in [9.17, 15) is 0 Å². The highest BCUT2D eigenvalue weighted by Crippen LogP contribution is 2.37. The molecule has 0 atom stereocenters. The van der Waals surface area contributed by atoms with E-state index in [2.05, 4.69) is 48.3 Å². The molecule has 0 aliphatic heterocycles. The van der Waals surface area contributed by atoms with Crippen LogP contribution in [-0.4, -0.2) is 23.1 Å². The zero-order valence-electron chi connectivity index (χ0n) is 14.0. The molecule has 4 heteroatoms. The maximum atomic E-state index is 4.67. The predicted molar refractivity (Wildman–Crippen MR) is 90.0 cm³/mol. The first-order chi connectivity index (χ1) is 10.0. The van der Waals surface area contributed by atoms with Crippen LogP contribution < -0.4 is 10.6 Å². The lowest BCUT2D eigenvalue weighted by molar-refractivity contribution is 0.361. The largest absolute Gasteiger partial charge is 0.370 e. The predicted octanol–water partition coefficient (Wildman–Crippen LogP) is 4.41. The first-order valence-electron chi connectivity index (χ1n) is 8.39. The summed E-state index contributed by atoms with van der Waals surface area (Å²) < 4.78 is 0. The summed E-state index contributed by atoms with van der Waals surface area (Å²) in [6.07, 6.45) is 6.47. The Hall–Kier alpha value is -1.32. The molecule has 1 aromatic rings. The fourth-order valence-corrected chi connectivity index (χ4v) is 2.87. The van der Waals surface area contributed by atoms with Gasteiger partial charge in [0.15, 0.2) is 0 Å². The Morgan fingerprint density at radius 1 is 1.14 bits per heavy atom. The average molecular weight is 290 g/mol. The molecular weight excluding hydrogens is 260 g/mol. The number of rotatable bonds is 7. The molecule has 1 aliphatic carbocycles. The van der Waals surface area contributed by atoms with Gasteiger partial charge in [-0.3, -0.25) is 0 Å². The molecule has 0 bridgehead atoms. The summed E-state index contributed by atoms with van der Waals surface area (Å²) in [5.74, 6) is 3.15. The lowest BCUT2D eigenvalue weighted by Gasteiger charge is -2.24. The van der Waals surface area contributed by atoms with Crippen LogP contribution in [0.2, 0.25) is 0 Å². The maximum Gasteiger partial charge on any atom is 0.135 e. The number of hydrogen-bond donors (Lipinski definition) is 2. The van der Waals surface area contributed by atoms with E-state index >= 15 is 0 Å². The molecule has 1 aromatic heterocycles. The minimum atomic E-state index is 0.344. The molecule has 0 saturated heterocycles. The van der Waals surface area contributed by atoms with Crippen LogP contribution in [0, 0.1) is 5.41 Å². The molecule has 1 fully saturated rings. The summed E-state index contributed by atoms with van der Waals surface area (Å²) in [7, 11) is 0. The minimum Gasteiger partial charge on any atom is -0.370 e. The van der Waals surface area contributed by atoms with Crippen LogP contribution in [0.5, 0.6) is 0 Å². The second kappa shape index (κ2) is 7.10. The van der Waals surface area contributed by atoms with E-state index in [-0.39, 0.29) is 0 Å². The highest BCUT2D eigenvalue weighted by atomic mass is 15.1. The van der Waals surface area contributed by atoms with Crippen LogP contribution in [-0.2, 0) is 0 Å². The molecule has 0 radical (unpaired) electrons. The average Bonchev–Trinajstić information content (AvgIpc) is 2.90. The fraction of sp³-hybridized carbons (Fsp3) is 0.765. The summed E-state index contributed by atoms with van der Waals surface area (Å²) in [4.78, 5) is 9.28. The Morgan fingerprint density at radius 2 is 1.76 bits per heavy atom. The van der Waals surface area contributed by atoms with Crippen molar-refractivity contribution in [2.45, 2.75) is 65.7 Å². The molecule has 21 heavy (non-hydrogen) atoms. The van der Waals surface area contributed by atoms with Gasteiger partial charge in [0.05, 0.1) is 0 Å². The van der Waals surface area contributed by atoms with Gasteiger partial charge in [0.25, 0.3) is 0 Å². The molecule has 0 amide bonds. The number of hydrogen-bond acceptors (Lipinski definition) is 4. The molecule has 0 spiro atoms. The number of nitrogens with one attached hydrogen (secondary N) is 2. The molecule has 118 valence electrons. The van der Waals surface area contributed by atoms with Gasteiger partial charge in [-0.1, -0.05) is 40.5 Å². The van der Waals surface area contributed by atoms with Gasteiger partial charge in [0.2, 0.25) is 0 Å². The Balaban J connectivity index is 2.07. The summed E-state index contributed by atoms with van der Waals surface area (Å²) in [6, 6.07) is 2.04. The molecule has 2 rings (SSSR count). The van der Waals surface area contributed by atoms with Crippen molar-refractivity contribution in [1.82, 2.24) is 9.97 Å². The van der Waals surface area contributed by atoms with E-state index in [4.69, 9.17) is 0 Å². The number of nitrogens with zero attached hydrogens (tertiary/aromatic N) is 2. The van der Waals surface area contributed by atoms with Gasteiger partial charge in [-0.25, -0.2) is 9.97 Å². The van der Waals surface area contributed by atoms with Crippen LogP contribution in [0.4, 0.5) is 11.6 Å². The summed E-state index contributed by atoms with van der Waals surface area (Å²) >= 11 is 0. The van der Waals surface area contributed by atoms with Gasteiger partial charge >= 0.3 is 0 Å². The Labute approximate surface area is 129 Å². The Bertz CT molecular complexity index is 450. The van der Waals surface area contributed by atoms with Crippen molar-refractivity contribution < 1.29 is 0 Å². The number of anilines is 2. The minimum absolute atomic E-state index is 0.344. The van der Waals surface area contributed by atoms with Gasteiger partial charge in [-0.05, 0) is 24.7 Å². The van der Waals surface area contributed by atoms with E-state index in [0.717, 1.165) is 37.0 Å². The highest BCUT2D eigenvalue weighted by Gasteiger charge is 2.28. The third-order valence-corrected chi connectivity index (χ3v) is 4.32. The first kappa shape index (κ1) is 16.1. The highest BCUT2D eigenvalue weighted by molar-refractivity contribution is 5.48. The fourth-order valence-electron chi connectivity index (χ4n) is 2.87. The molecule has 4 nitrogen and oxygen atoms in total. The molecule has 1 saturated carbocycles. The second-order valence-electron chi connectivity index (χ2n) is 6.95. The van der Waals surface area contributed by atoms with E-state index in [1.54, 1.807) is 0 Å². The molecule has 2 N–H and O–H groups in total. The van der Waals surface area contributed by atoms with Crippen LogP contribution in [0.1, 0.15) is 71.5 Å². The third kappa shape index (κ3) is 4.58. The smallest absolute Gasteiger partial charge is 0.135 e. The van der Waals surface area contributed by atoms with E-state index in [1.807, 2.05) is 6.07 Å². The first-order valence-corrected chi connectivity index (χ1v) is 8.39. The lowest BCUT2D eigenvalue weighted by Crippen LogP contribution is -2.23. The Kier molecular flexibility index (Phi) is 5.43. The number of aromatic nitrogens is 2. The quantitative estimate of drug-likeness (QED) is 0.780. The van der Waals surface area contributed by atoms with Crippen LogP contribution >= 0.6 is 0 Å². The molecule has 1 heterocycles. The molecule has 1 aliphatic rings. The zero-order chi connectivity index (χ0) is 15.3. The van der Waals surface area contributed by atoms with Crippen molar-refractivity contribution in [2.75, 3.05) is 23.7 Å². The molecule has 0 unspecified atom stereocenters. The van der Waals surface area contributed by atoms with Crippen molar-refractivity contribution in [3.8, 4) is 0 Å². The third-order valence-electron chi connectivity index (χ3n) is 4.32. The van der Waals surface area contributed by atoms with Crippen molar-refractivity contribution in [1.29, 1.82) is 0 Å². The van der Waals surface area contributed by atoms with Gasteiger partial charge in [-0.2, -0.15) is 0 Å². The van der Waals surface area contributed by atoms with Gasteiger partial charge < -0.3 is 10.6 Å². The van der Waals surface area contributed by atoms with Crippen molar-refractivity contribution in [3.05, 3.63) is 11.9 Å².